The van der Waals surface area contributed by atoms with Gasteiger partial charge in [-0.3, -0.25) is 0 Å². The van der Waals surface area contributed by atoms with Crippen molar-refractivity contribution in [3.63, 3.8) is 0 Å². The standard InChI is InChI=1S/C11H9F5N2OS/c12-6-1-5(8-3-20-10(17)18-8)2-7(13)9(6)19-4-11(14,15)16/h1,3,7H,2,4H2,(H2,17,18). The van der Waals surface area contributed by atoms with E-state index in [1.807, 2.05) is 0 Å². The molecule has 0 aromatic carbocycles. The number of nitrogen functional groups attached to an aromatic ring is 1. The average Bonchev–Trinajstić information content (AvgIpc) is 2.73. The molecule has 0 saturated heterocycles. The predicted octanol–water partition coefficient (Wildman–Crippen LogP) is 3.61. The van der Waals surface area contributed by atoms with E-state index < -0.39 is 30.5 Å². The Hall–Kier alpha value is -1.64. The zero-order chi connectivity index (χ0) is 14.9. The Labute approximate surface area is 114 Å². The van der Waals surface area contributed by atoms with Crippen molar-refractivity contribution in [3.05, 3.63) is 28.7 Å². The number of ether oxygens (including phenoxy) is 1. The monoisotopic (exact) mass is 312 g/mol. The van der Waals surface area contributed by atoms with Crippen LogP contribution in [0.25, 0.3) is 5.57 Å². The predicted molar refractivity (Wildman–Crippen MR) is 64.2 cm³/mol. The number of aromatic nitrogens is 1. The van der Waals surface area contributed by atoms with Crippen LogP contribution in [0.5, 0.6) is 0 Å². The summed E-state index contributed by atoms with van der Waals surface area (Å²) >= 11 is 1.10. The van der Waals surface area contributed by atoms with Gasteiger partial charge >= 0.3 is 6.18 Å². The molecule has 0 radical (unpaired) electrons. The second-order valence-corrected chi connectivity index (χ2v) is 4.92. The lowest BCUT2D eigenvalue weighted by atomic mass is 9.99. The van der Waals surface area contributed by atoms with Crippen LogP contribution in [-0.4, -0.2) is 23.9 Å². The van der Waals surface area contributed by atoms with Crippen LogP contribution < -0.4 is 5.73 Å². The molecule has 0 bridgehead atoms. The van der Waals surface area contributed by atoms with Gasteiger partial charge in [-0.25, -0.2) is 13.8 Å². The third-order valence-electron chi connectivity index (χ3n) is 2.46. The number of alkyl halides is 4. The van der Waals surface area contributed by atoms with Crippen molar-refractivity contribution in [1.29, 1.82) is 0 Å². The number of nitrogens with two attached hydrogens (primary N) is 1. The molecule has 0 amide bonds. The summed E-state index contributed by atoms with van der Waals surface area (Å²) in [6.45, 7) is -1.73. The van der Waals surface area contributed by atoms with Gasteiger partial charge in [-0.2, -0.15) is 13.2 Å². The van der Waals surface area contributed by atoms with Crippen LogP contribution in [0.3, 0.4) is 0 Å². The molecule has 0 aliphatic heterocycles. The number of halogens is 5. The van der Waals surface area contributed by atoms with Gasteiger partial charge in [-0.05, 0) is 11.6 Å². The lowest BCUT2D eigenvalue weighted by Gasteiger charge is -2.20. The van der Waals surface area contributed by atoms with Gasteiger partial charge in [-0.1, -0.05) is 0 Å². The topological polar surface area (TPSA) is 48.1 Å². The van der Waals surface area contributed by atoms with Crippen LogP contribution in [0, 0.1) is 0 Å². The second kappa shape index (κ2) is 5.39. The smallest absolute Gasteiger partial charge is 0.422 e. The van der Waals surface area contributed by atoms with E-state index in [0.717, 1.165) is 17.4 Å². The van der Waals surface area contributed by atoms with Crippen molar-refractivity contribution in [3.8, 4) is 0 Å². The fourth-order valence-corrected chi connectivity index (χ4v) is 2.24. The van der Waals surface area contributed by atoms with Crippen LogP contribution in [0.2, 0.25) is 0 Å². The summed E-state index contributed by atoms with van der Waals surface area (Å²) < 4.78 is 67.5. The first-order chi connectivity index (χ1) is 9.26. The number of hydrogen-bond donors (Lipinski definition) is 1. The number of rotatable bonds is 3. The summed E-state index contributed by atoms with van der Waals surface area (Å²) in [5, 5.41) is 1.75. The summed E-state index contributed by atoms with van der Waals surface area (Å²) in [5.74, 6) is -2.11. The Balaban J connectivity index is 2.20. The summed E-state index contributed by atoms with van der Waals surface area (Å²) in [6.07, 6.45) is -6.04. The molecule has 0 saturated carbocycles. The lowest BCUT2D eigenvalue weighted by molar-refractivity contribution is -0.167. The highest BCUT2D eigenvalue weighted by Gasteiger charge is 2.33. The molecule has 2 rings (SSSR count). The Morgan fingerprint density at radius 1 is 1.45 bits per heavy atom. The normalized spacial score (nSPS) is 20.1. The van der Waals surface area contributed by atoms with Gasteiger partial charge < -0.3 is 10.5 Å². The Bertz CT molecular complexity index is 563. The van der Waals surface area contributed by atoms with E-state index >= 15 is 0 Å². The molecule has 3 nitrogen and oxygen atoms in total. The van der Waals surface area contributed by atoms with Crippen molar-refractivity contribution in [2.75, 3.05) is 12.3 Å². The van der Waals surface area contributed by atoms with Gasteiger partial charge in [0, 0.05) is 11.8 Å². The van der Waals surface area contributed by atoms with Crippen molar-refractivity contribution in [2.24, 2.45) is 0 Å². The molecule has 1 heterocycles. The van der Waals surface area contributed by atoms with Crippen molar-refractivity contribution >= 4 is 22.0 Å². The average molecular weight is 312 g/mol. The van der Waals surface area contributed by atoms with E-state index in [0.29, 0.717) is 5.69 Å². The highest BCUT2D eigenvalue weighted by Crippen LogP contribution is 2.35. The van der Waals surface area contributed by atoms with E-state index in [4.69, 9.17) is 5.73 Å². The maximum absolute atomic E-state index is 13.7. The largest absolute Gasteiger partial charge is 0.482 e. The van der Waals surface area contributed by atoms with E-state index in [1.54, 1.807) is 0 Å². The Morgan fingerprint density at radius 2 is 2.15 bits per heavy atom. The number of hydrogen-bond acceptors (Lipinski definition) is 4. The molecule has 1 atom stereocenters. The molecule has 1 aromatic heterocycles. The maximum atomic E-state index is 13.7. The molecule has 1 unspecified atom stereocenters. The minimum atomic E-state index is -4.65. The third-order valence-corrected chi connectivity index (χ3v) is 3.14. The molecule has 110 valence electrons. The van der Waals surface area contributed by atoms with E-state index in [-0.39, 0.29) is 17.1 Å². The molecule has 1 aromatic rings. The number of thiazole rings is 1. The molecule has 20 heavy (non-hydrogen) atoms. The Morgan fingerprint density at radius 3 is 2.65 bits per heavy atom. The van der Waals surface area contributed by atoms with Crippen LogP contribution in [-0.2, 0) is 4.74 Å². The molecular formula is C11H9F5N2OS. The zero-order valence-corrected chi connectivity index (χ0v) is 10.7. The SMILES string of the molecule is Nc1nc(C2=CC(F)=C(OCC(F)(F)F)C(F)C2)cs1. The highest BCUT2D eigenvalue weighted by atomic mass is 32.1. The molecule has 0 spiro atoms. The molecule has 2 N–H and O–H groups in total. The van der Waals surface area contributed by atoms with Gasteiger partial charge in [0.25, 0.3) is 0 Å². The van der Waals surface area contributed by atoms with Crippen molar-refractivity contribution < 1.29 is 26.7 Å². The van der Waals surface area contributed by atoms with E-state index in [9.17, 15) is 22.0 Å². The third kappa shape index (κ3) is 3.47. The number of anilines is 1. The van der Waals surface area contributed by atoms with Crippen LogP contribution in [0.15, 0.2) is 23.0 Å². The van der Waals surface area contributed by atoms with Gasteiger partial charge in [0.15, 0.2) is 29.5 Å². The first kappa shape index (κ1) is 14.8. The summed E-state index contributed by atoms with van der Waals surface area (Å²) in [4.78, 5) is 3.86. The molecule has 9 heteroatoms. The van der Waals surface area contributed by atoms with Gasteiger partial charge in [0.1, 0.15) is 0 Å². The lowest BCUT2D eigenvalue weighted by Crippen LogP contribution is -2.22. The summed E-state index contributed by atoms with van der Waals surface area (Å²) in [6, 6.07) is 0. The van der Waals surface area contributed by atoms with Gasteiger partial charge in [-0.15, -0.1) is 11.3 Å². The van der Waals surface area contributed by atoms with Crippen LogP contribution >= 0.6 is 11.3 Å². The van der Waals surface area contributed by atoms with E-state index in [2.05, 4.69) is 9.72 Å². The van der Waals surface area contributed by atoms with Gasteiger partial charge in [0.05, 0.1) is 5.69 Å². The van der Waals surface area contributed by atoms with E-state index in [1.165, 1.54) is 5.38 Å². The minimum absolute atomic E-state index is 0.224. The fraction of sp³-hybridized carbons (Fsp3) is 0.364. The second-order valence-electron chi connectivity index (χ2n) is 4.03. The van der Waals surface area contributed by atoms with Crippen molar-refractivity contribution in [1.82, 2.24) is 4.98 Å². The highest BCUT2D eigenvalue weighted by molar-refractivity contribution is 7.13. The number of nitrogens with zero attached hydrogens (tertiary/aromatic N) is 1. The first-order valence-electron chi connectivity index (χ1n) is 5.41. The minimum Gasteiger partial charge on any atom is -0.482 e. The quantitative estimate of drug-likeness (QED) is 0.867. The number of allylic oxidation sites excluding steroid dienone is 4. The molecule has 0 fully saturated rings. The fourth-order valence-electron chi connectivity index (χ4n) is 1.65. The van der Waals surface area contributed by atoms with Crippen molar-refractivity contribution in [2.45, 2.75) is 18.8 Å². The molecule has 1 aliphatic carbocycles. The first-order valence-corrected chi connectivity index (χ1v) is 6.29. The van der Waals surface area contributed by atoms with Gasteiger partial charge in [0.2, 0.25) is 0 Å². The summed E-state index contributed by atoms with van der Waals surface area (Å²) in [7, 11) is 0. The summed E-state index contributed by atoms with van der Waals surface area (Å²) in [5.41, 5.74) is 5.94. The molecular weight excluding hydrogens is 303 g/mol. The molecule has 1 aliphatic rings. The zero-order valence-electron chi connectivity index (χ0n) is 9.88. The Kier molecular flexibility index (Phi) is 3.98. The van der Waals surface area contributed by atoms with Crippen LogP contribution in [0.1, 0.15) is 12.1 Å². The maximum Gasteiger partial charge on any atom is 0.422 e. The van der Waals surface area contributed by atoms with Crippen LogP contribution in [0.4, 0.5) is 27.1 Å².